The molecule has 1 aromatic carbocycles. The highest BCUT2D eigenvalue weighted by atomic mass is 16.6. The third-order valence-electron chi connectivity index (χ3n) is 2.81. The molecule has 6 nitrogen and oxygen atoms in total. The van der Waals surface area contributed by atoms with Gasteiger partial charge in [0.25, 0.3) is 5.69 Å². The van der Waals surface area contributed by atoms with E-state index in [1.165, 1.54) is 12.1 Å². The summed E-state index contributed by atoms with van der Waals surface area (Å²) in [5.41, 5.74) is 0.837. The Morgan fingerprint density at radius 1 is 1.35 bits per heavy atom. The molecule has 0 heterocycles. The number of rotatable bonds is 7. The molecule has 2 N–H and O–H groups in total. The second-order valence-corrected chi connectivity index (χ2v) is 5.17. The zero-order valence-corrected chi connectivity index (χ0v) is 12.1. The van der Waals surface area contributed by atoms with E-state index in [2.05, 4.69) is 10.6 Å². The van der Waals surface area contributed by atoms with Crippen molar-refractivity contribution in [2.45, 2.75) is 33.4 Å². The van der Waals surface area contributed by atoms with Crippen LogP contribution in [0.5, 0.6) is 0 Å². The van der Waals surface area contributed by atoms with Gasteiger partial charge in [-0.25, -0.2) is 0 Å². The molecule has 0 saturated carbocycles. The van der Waals surface area contributed by atoms with E-state index in [4.69, 9.17) is 0 Å². The van der Waals surface area contributed by atoms with E-state index >= 15 is 0 Å². The van der Waals surface area contributed by atoms with Crippen molar-refractivity contribution in [1.29, 1.82) is 0 Å². The summed E-state index contributed by atoms with van der Waals surface area (Å²) in [5, 5.41) is 16.6. The van der Waals surface area contributed by atoms with Crippen LogP contribution in [-0.4, -0.2) is 23.4 Å². The molecule has 0 fully saturated rings. The molecule has 0 aliphatic heterocycles. The van der Waals surface area contributed by atoms with Gasteiger partial charge in [-0.1, -0.05) is 26.0 Å². The van der Waals surface area contributed by atoms with Crippen LogP contribution in [0, 0.1) is 16.0 Å². The fourth-order valence-corrected chi connectivity index (χ4v) is 1.60. The number of nitrogens with one attached hydrogen (secondary N) is 2. The van der Waals surface area contributed by atoms with Crippen LogP contribution in [0.25, 0.3) is 0 Å². The van der Waals surface area contributed by atoms with E-state index < -0.39 is 4.92 Å². The number of carbonyl (C=O) groups excluding carboxylic acids is 1. The van der Waals surface area contributed by atoms with Crippen LogP contribution in [0.2, 0.25) is 0 Å². The Morgan fingerprint density at radius 2 is 2.05 bits per heavy atom. The number of carbonyl (C=O) groups is 1. The quantitative estimate of drug-likeness (QED) is 0.589. The molecule has 0 aliphatic carbocycles. The molecular weight excluding hydrogens is 258 g/mol. The summed E-state index contributed by atoms with van der Waals surface area (Å²) in [6.07, 6.45) is 0. The molecule has 0 aromatic heterocycles. The van der Waals surface area contributed by atoms with E-state index in [1.807, 2.05) is 13.8 Å². The highest BCUT2D eigenvalue weighted by molar-refractivity contribution is 5.81. The van der Waals surface area contributed by atoms with Gasteiger partial charge in [0.05, 0.1) is 11.0 Å². The Balaban J connectivity index is 2.48. The first-order chi connectivity index (χ1) is 9.40. The molecule has 0 saturated heterocycles. The topological polar surface area (TPSA) is 84.3 Å². The Kier molecular flexibility index (Phi) is 6.11. The van der Waals surface area contributed by atoms with Gasteiger partial charge in [-0.15, -0.1) is 0 Å². The first-order valence-electron chi connectivity index (χ1n) is 6.64. The van der Waals surface area contributed by atoms with Crippen molar-refractivity contribution in [2.75, 3.05) is 6.54 Å². The summed E-state index contributed by atoms with van der Waals surface area (Å²) in [6.45, 7) is 6.88. The Bertz CT molecular complexity index is 474. The van der Waals surface area contributed by atoms with Crippen LogP contribution in [0.15, 0.2) is 24.3 Å². The molecule has 1 unspecified atom stereocenters. The second-order valence-electron chi connectivity index (χ2n) is 5.17. The Labute approximate surface area is 118 Å². The lowest BCUT2D eigenvalue weighted by atomic mass is 10.2. The molecule has 1 amide bonds. The highest BCUT2D eigenvalue weighted by Crippen LogP contribution is 2.12. The van der Waals surface area contributed by atoms with Crippen LogP contribution in [0.4, 0.5) is 5.69 Å². The molecular formula is C14H21N3O3. The van der Waals surface area contributed by atoms with Gasteiger partial charge in [0.2, 0.25) is 5.91 Å². The largest absolute Gasteiger partial charge is 0.354 e. The normalized spacial score (nSPS) is 12.2. The number of hydrogen-bond acceptors (Lipinski definition) is 4. The van der Waals surface area contributed by atoms with Gasteiger partial charge in [-0.3, -0.25) is 14.9 Å². The SMILES string of the molecule is CC(C)CNC(=O)C(C)NCc1cccc([N+](=O)[O-])c1. The zero-order chi connectivity index (χ0) is 15.1. The summed E-state index contributed by atoms with van der Waals surface area (Å²) in [5.74, 6) is 0.340. The molecule has 1 aromatic rings. The maximum Gasteiger partial charge on any atom is 0.269 e. The van der Waals surface area contributed by atoms with Gasteiger partial charge in [-0.05, 0) is 18.4 Å². The molecule has 0 radical (unpaired) electrons. The average Bonchev–Trinajstić information content (AvgIpc) is 2.42. The lowest BCUT2D eigenvalue weighted by molar-refractivity contribution is -0.384. The van der Waals surface area contributed by atoms with Crippen molar-refractivity contribution < 1.29 is 9.72 Å². The first-order valence-corrected chi connectivity index (χ1v) is 6.64. The van der Waals surface area contributed by atoms with Gasteiger partial charge >= 0.3 is 0 Å². The molecule has 0 spiro atoms. The number of hydrogen-bond donors (Lipinski definition) is 2. The standard InChI is InChI=1S/C14H21N3O3/c1-10(2)8-16-14(18)11(3)15-9-12-5-4-6-13(7-12)17(19)20/h4-7,10-11,15H,8-9H2,1-3H3,(H,16,18). The van der Waals surface area contributed by atoms with Crippen molar-refractivity contribution in [1.82, 2.24) is 10.6 Å². The van der Waals surface area contributed by atoms with Crippen molar-refractivity contribution in [2.24, 2.45) is 5.92 Å². The minimum atomic E-state index is -0.428. The average molecular weight is 279 g/mol. The fourth-order valence-electron chi connectivity index (χ4n) is 1.60. The third kappa shape index (κ3) is 5.36. The van der Waals surface area contributed by atoms with E-state index in [-0.39, 0.29) is 17.6 Å². The van der Waals surface area contributed by atoms with E-state index in [0.29, 0.717) is 19.0 Å². The smallest absolute Gasteiger partial charge is 0.269 e. The predicted molar refractivity (Wildman–Crippen MR) is 77.2 cm³/mol. The van der Waals surface area contributed by atoms with Crippen molar-refractivity contribution >= 4 is 11.6 Å². The van der Waals surface area contributed by atoms with Gasteiger partial charge < -0.3 is 10.6 Å². The number of nitro benzene ring substituents is 1. The maximum absolute atomic E-state index is 11.8. The van der Waals surface area contributed by atoms with Crippen LogP contribution in [-0.2, 0) is 11.3 Å². The monoisotopic (exact) mass is 279 g/mol. The molecule has 20 heavy (non-hydrogen) atoms. The maximum atomic E-state index is 11.8. The highest BCUT2D eigenvalue weighted by Gasteiger charge is 2.12. The van der Waals surface area contributed by atoms with Crippen molar-refractivity contribution in [3.63, 3.8) is 0 Å². The zero-order valence-electron chi connectivity index (χ0n) is 12.1. The summed E-state index contributed by atoms with van der Waals surface area (Å²) >= 11 is 0. The van der Waals surface area contributed by atoms with Crippen LogP contribution < -0.4 is 10.6 Å². The Morgan fingerprint density at radius 3 is 2.65 bits per heavy atom. The molecule has 0 bridgehead atoms. The van der Waals surface area contributed by atoms with Crippen LogP contribution in [0.3, 0.4) is 0 Å². The summed E-state index contributed by atoms with van der Waals surface area (Å²) in [4.78, 5) is 22.0. The summed E-state index contributed by atoms with van der Waals surface area (Å²) in [7, 11) is 0. The van der Waals surface area contributed by atoms with E-state index in [1.54, 1.807) is 19.1 Å². The summed E-state index contributed by atoms with van der Waals surface area (Å²) in [6, 6.07) is 6.04. The number of non-ortho nitro benzene ring substituents is 1. The Hall–Kier alpha value is -1.95. The van der Waals surface area contributed by atoms with Crippen LogP contribution in [0.1, 0.15) is 26.3 Å². The van der Waals surface area contributed by atoms with Crippen molar-refractivity contribution in [3.05, 3.63) is 39.9 Å². The molecule has 1 rings (SSSR count). The second kappa shape index (κ2) is 7.59. The van der Waals surface area contributed by atoms with Crippen molar-refractivity contribution in [3.8, 4) is 0 Å². The minimum Gasteiger partial charge on any atom is -0.354 e. The van der Waals surface area contributed by atoms with Gasteiger partial charge in [0.1, 0.15) is 0 Å². The van der Waals surface area contributed by atoms with Gasteiger partial charge in [0.15, 0.2) is 0 Å². The molecule has 0 aliphatic rings. The molecule has 1 atom stereocenters. The fraction of sp³-hybridized carbons (Fsp3) is 0.500. The lowest BCUT2D eigenvalue weighted by Crippen LogP contribution is -2.42. The first kappa shape index (κ1) is 16.1. The number of benzene rings is 1. The summed E-state index contributed by atoms with van der Waals surface area (Å²) < 4.78 is 0. The van der Waals surface area contributed by atoms with Gasteiger partial charge in [-0.2, -0.15) is 0 Å². The molecule has 110 valence electrons. The predicted octanol–water partition coefficient (Wildman–Crippen LogP) is 1.85. The lowest BCUT2D eigenvalue weighted by Gasteiger charge is -2.15. The third-order valence-corrected chi connectivity index (χ3v) is 2.81. The molecule has 6 heteroatoms. The van der Waals surface area contributed by atoms with Gasteiger partial charge in [0, 0.05) is 25.2 Å². The van der Waals surface area contributed by atoms with E-state index in [0.717, 1.165) is 5.56 Å². The van der Waals surface area contributed by atoms with E-state index in [9.17, 15) is 14.9 Å². The number of nitro groups is 1. The van der Waals surface area contributed by atoms with Crippen LogP contribution >= 0.6 is 0 Å². The number of amides is 1. The minimum absolute atomic E-state index is 0.0567. The number of nitrogens with zero attached hydrogens (tertiary/aromatic N) is 1.